The van der Waals surface area contributed by atoms with E-state index < -0.39 is 7.92 Å². The molecular formula is C18H26NO2P. The molecule has 4 atom stereocenters. The second-order valence-electron chi connectivity index (χ2n) is 6.69. The second kappa shape index (κ2) is 6.60. The highest BCUT2D eigenvalue weighted by molar-refractivity contribution is 7.72. The van der Waals surface area contributed by atoms with E-state index >= 15 is 0 Å². The Morgan fingerprint density at radius 1 is 1.09 bits per heavy atom. The minimum atomic E-state index is -0.574. The first-order valence-corrected chi connectivity index (χ1v) is 9.53. The molecule has 0 aliphatic heterocycles. The third-order valence-corrected chi connectivity index (χ3v) is 8.14. The predicted octanol–water partition coefficient (Wildman–Crippen LogP) is 3.67. The Morgan fingerprint density at radius 2 is 1.68 bits per heavy atom. The van der Waals surface area contributed by atoms with Crippen LogP contribution in [0, 0.1) is 11.8 Å². The SMILES string of the molecule is CC1CCC([C@H](C)N(C)C)C1P(c1ccco1)c1ccco1. The van der Waals surface area contributed by atoms with Crippen molar-refractivity contribution in [3.63, 3.8) is 0 Å². The molecule has 0 spiro atoms. The number of nitrogens with zero attached hydrogens (tertiary/aromatic N) is 1. The Morgan fingerprint density at radius 3 is 2.14 bits per heavy atom. The Labute approximate surface area is 134 Å². The first-order chi connectivity index (χ1) is 10.6. The van der Waals surface area contributed by atoms with Gasteiger partial charge in [0.25, 0.3) is 0 Å². The van der Waals surface area contributed by atoms with E-state index in [0.717, 1.165) is 11.0 Å². The van der Waals surface area contributed by atoms with Crippen LogP contribution in [0.15, 0.2) is 45.6 Å². The zero-order valence-corrected chi connectivity index (χ0v) is 14.8. The van der Waals surface area contributed by atoms with Gasteiger partial charge >= 0.3 is 0 Å². The average Bonchev–Trinajstić information content (AvgIpc) is 3.23. The van der Waals surface area contributed by atoms with Crippen LogP contribution in [0.3, 0.4) is 0 Å². The summed E-state index contributed by atoms with van der Waals surface area (Å²) in [4.78, 5) is 2.35. The molecule has 0 saturated heterocycles. The number of hydrogen-bond donors (Lipinski definition) is 0. The molecule has 4 heteroatoms. The van der Waals surface area contributed by atoms with Gasteiger partial charge in [-0.1, -0.05) is 6.92 Å². The third-order valence-electron chi connectivity index (χ3n) is 5.20. The minimum absolute atomic E-state index is 0.574. The van der Waals surface area contributed by atoms with Gasteiger partial charge in [0.1, 0.15) is 11.0 Å². The summed E-state index contributed by atoms with van der Waals surface area (Å²) in [5, 5.41) is 0. The molecule has 1 fully saturated rings. The van der Waals surface area contributed by atoms with Crippen LogP contribution in [-0.2, 0) is 0 Å². The molecule has 1 aliphatic carbocycles. The Hall–Kier alpha value is -1.05. The van der Waals surface area contributed by atoms with Crippen molar-refractivity contribution >= 4 is 18.9 Å². The van der Waals surface area contributed by atoms with Crippen LogP contribution in [0.1, 0.15) is 26.7 Å². The fourth-order valence-corrected chi connectivity index (χ4v) is 6.88. The van der Waals surface area contributed by atoms with Gasteiger partial charge in [-0.15, -0.1) is 0 Å². The quantitative estimate of drug-likeness (QED) is 0.788. The molecule has 0 radical (unpaired) electrons. The standard InChI is InChI=1S/C18H26NO2P/c1-13-9-10-15(14(2)19(3)4)18(13)22(16-7-5-11-20-16)17-8-6-12-21-17/h5-8,11-15,18H,9-10H2,1-4H3/t13?,14-,15?,18?/m0/s1. The molecule has 0 bridgehead atoms. The summed E-state index contributed by atoms with van der Waals surface area (Å²) in [6, 6.07) is 8.81. The van der Waals surface area contributed by atoms with Crippen molar-refractivity contribution in [2.75, 3.05) is 14.1 Å². The Kier molecular flexibility index (Phi) is 4.75. The normalized spacial score (nSPS) is 26.9. The highest BCUT2D eigenvalue weighted by Gasteiger charge is 2.44. The molecule has 0 amide bonds. The summed E-state index contributed by atoms with van der Waals surface area (Å²) < 4.78 is 11.6. The maximum atomic E-state index is 5.82. The highest BCUT2D eigenvalue weighted by atomic mass is 31.1. The molecule has 120 valence electrons. The van der Waals surface area contributed by atoms with E-state index in [1.54, 1.807) is 12.5 Å². The van der Waals surface area contributed by atoms with Crippen molar-refractivity contribution in [2.45, 2.75) is 38.4 Å². The number of rotatable bonds is 5. The molecule has 3 rings (SSSR count). The van der Waals surface area contributed by atoms with E-state index in [-0.39, 0.29) is 0 Å². The highest BCUT2D eigenvalue weighted by Crippen LogP contribution is 2.54. The van der Waals surface area contributed by atoms with Crippen LogP contribution in [0.4, 0.5) is 0 Å². The van der Waals surface area contributed by atoms with Gasteiger partial charge < -0.3 is 13.7 Å². The van der Waals surface area contributed by atoms with Crippen molar-refractivity contribution in [2.24, 2.45) is 11.8 Å². The lowest BCUT2D eigenvalue weighted by Crippen LogP contribution is -2.39. The monoisotopic (exact) mass is 319 g/mol. The largest absolute Gasteiger partial charge is 0.464 e. The Balaban J connectivity index is 1.98. The molecule has 3 unspecified atom stereocenters. The summed E-state index contributed by atoms with van der Waals surface area (Å²) >= 11 is 0. The zero-order chi connectivity index (χ0) is 15.7. The van der Waals surface area contributed by atoms with E-state index in [2.05, 4.69) is 45.0 Å². The second-order valence-corrected chi connectivity index (χ2v) is 8.90. The number of furan rings is 2. The van der Waals surface area contributed by atoms with Gasteiger partial charge in [-0.25, -0.2) is 0 Å². The van der Waals surface area contributed by atoms with Gasteiger partial charge in [0.15, 0.2) is 0 Å². The smallest absolute Gasteiger partial charge is 0.133 e. The lowest BCUT2D eigenvalue weighted by molar-refractivity contribution is 0.229. The van der Waals surface area contributed by atoms with Crippen LogP contribution in [0.25, 0.3) is 0 Å². The average molecular weight is 319 g/mol. The van der Waals surface area contributed by atoms with E-state index in [9.17, 15) is 0 Å². The van der Waals surface area contributed by atoms with E-state index in [0.29, 0.717) is 23.5 Å². The maximum Gasteiger partial charge on any atom is 0.133 e. The van der Waals surface area contributed by atoms with Crippen molar-refractivity contribution in [3.8, 4) is 0 Å². The minimum Gasteiger partial charge on any atom is -0.464 e. The number of hydrogen-bond acceptors (Lipinski definition) is 3. The van der Waals surface area contributed by atoms with E-state index in [1.807, 2.05) is 12.1 Å². The van der Waals surface area contributed by atoms with Gasteiger partial charge in [0, 0.05) is 14.0 Å². The Bertz CT molecular complexity index is 530. The fourth-order valence-electron chi connectivity index (χ4n) is 3.79. The molecule has 0 aromatic carbocycles. The molecule has 1 aliphatic rings. The van der Waals surface area contributed by atoms with Crippen LogP contribution >= 0.6 is 7.92 Å². The molecule has 2 aromatic rings. The molecule has 22 heavy (non-hydrogen) atoms. The summed E-state index contributed by atoms with van der Waals surface area (Å²) in [5.41, 5.74) is 2.81. The topological polar surface area (TPSA) is 29.5 Å². The van der Waals surface area contributed by atoms with Crippen LogP contribution in [0.2, 0.25) is 0 Å². The fraction of sp³-hybridized carbons (Fsp3) is 0.556. The van der Waals surface area contributed by atoms with Crippen molar-refractivity contribution in [1.82, 2.24) is 4.90 Å². The molecule has 2 aromatic heterocycles. The lowest BCUT2D eigenvalue weighted by Gasteiger charge is -2.35. The summed E-state index contributed by atoms with van der Waals surface area (Å²) in [7, 11) is 3.80. The molecular weight excluding hydrogens is 293 g/mol. The molecule has 2 heterocycles. The van der Waals surface area contributed by atoms with E-state index in [4.69, 9.17) is 8.83 Å². The van der Waals surface area contributed by atoms with Gasteiger partial charge in [-0.3, -0.25) is 0 Å². The zero-order valence-electron chi connectivity index (χ0n) is 13.9. The van der Waals surface area contributed by atoms with Gasteiger partial charge in [0.2, 0.25) is 0 Å². The summed E-state index contributed by atoms with van der Waals surface area (Å²) in [6.45, 7) is 4.75. The first kappa shape index (κ1) is 15.8. The maximum absolute atomic E-state index is 5.82. The summed E-state index contributed by atoms with van der Waals surface area (Å²) in [5.74, 6) is 1.39. The molecule has 1 saturated carbocycles. The van der Waals surface area contributed by atoms with Crippen LogP contribution < -0.4 is 11.0 Å². The third kappa shape index (κ3) is 2.89. The van der Waals surface area contributed by atoms with Gasteiger partial charge in [-0.05, 0) is 75.6 Å². The van der Waals surface area contributed by atoms with Crippen molar-refractivity contribution in [3.05, 3.63) is 36.8 Å². The van der Waals surface area contributed by atoms with Crippen molar-refractivity contribution < 1.29 is 8.83 Å². The van der Waals surface area contributed by atoms with Gasteiger partial charge in [0.05, 0.1) is 12.5 Å². The molecule has 0 N–H and O–H groups in total. The van der Waals surface area contributed by atoms with Gasteiger partial charge in [-0.2, -0.15) is 0 Å². The van der Waals surface area contributed by atoms with E-state index in [1.165, 1.54) is 12.8 Å². The first-order valence-electron chi connectivity index (χ1n) is 8.12. The van der Waals surface area contributed by atoms with Crippen LogP contribution in [-0.4, -0.2) is 30.7 Å². The van der Waals surface area contributed by atoms with Crippen LogP contribution in [0.5, 0.6) is 0 Å². The lowest BCUT2D eigenvalue weighted by atomic mass is 9.97. The molecule has 3 nitrogen and oxygen atoms in total. The summed E-state index contributed by atoms with van der Waals surface area (Å²) in [6.07, 6.45) is 6.18. The predicted molar refractivity (Wildman–Crippen MR) is 92.4 cm³/mol. The van der Waals surface area contributed by atoms with Crippen molar-refractivity contribution in [1.29, 1.82) is 0 Å².